The monoisotopic (exact) mass is 306 g/mol. The number of benzene rings is 2. The van der Waals surface area contributed by atoms with Gasteiger partial charge in [-0.15, -0.1) is 0 Å². The topological polar surface area (TPSA) is 76.2 Å². The highest BCUT2D eigenvalue weighted by Gasteiger charge is 2.18. The molecule has 0 amide bonds. The van der Waals surface area contributed by atoms with Gasteiger partial charge in [0.25, 0.3) is 0 Å². The third-order valence-electron chi connectivity index (χ3n) is 2.70. The van der Waals surface area contributed by atoms with Crippen molar-refractivity contribution < 1.29 is 14.1 Å². The summed E-state index contributed by atoms with van der Waals surface area (Å²) in [6.45, 7) is -0.234. The van der Waals surface area contributed by atoms with Crippen LogP contribution in [-0.4, -0.2) is 4.92 Å². The molecule has 0 atom stereocenters. The average molecular weight is 307 g/mol. The molecule has 0 saturated heterocycles. The molecule has 7 heteroatoms. The highest BCUT2D eigenvalue weighted by Crippen LogP contribution is 2.35. The first-order valence-corrected chi connectivity index (χ1v) is 6.15. The van der Waals surface area contributed by atoms with E-state index in [1.54, 1.807) is 0 Å². The van der Waals surface area contributed by atoms with Crippen molar-refractivity contribution in [2.24, 2.45) is 0 Å². The molecule has 0 fully saturated rings. The molecule has 106 valence electrons. The Morgan fingerprint density at radius 1 is 1.38 bits per heavy atom. The van der Waals surface area contributed by atoms with Gasteiger partial charge in [-0.2, -0.15) is 5.26 Å². The molecule has 21 heavy (non-hydrogen) atoms. The van der Waals surface area contributed by atoms with E-state index in [-0.39, 0.29) is 34.2 Å². The number of nitriles is 1. The Kier molecular flexibility index (Phi) is 4.36. The van der Waals surface area contributed by atoms with Crippen LogP contribution in [0.3, 0.4) is 0 Å². The first kappa shape index (κ1) is 14.8. The summed E-state index contributed by atoms with van der Waals surface area (Å²) in [5, 5.41) is 19.6. The number of ether oxygens (including phenoxy) is 1. The fourth-order valence-corrected chi connectivity index (χ4v) is 1.89. The number of hydrogen-bond donors (Lipinski definition) is 0. The molecule has 2 rings (SSSR count). The molecule has 2 aromatic rings. The fourth-order valence-electron chi connectivity index (χ4n) is 1.67. The zero-order valence-corrected chi connectivity index (χ0v) is 11.3. The Labute approximate surface area is 124 Å². The minimum atomic E-state index is -0.629. The summed E-state index contributed by atoms with van der Waals surface area (Å²) in [6, 6.07) is 9.81. The van der Waals surface area contributed by atoms with Crippen LogP contribution in [0.4, 0.5) is 10.1 Å². The van der Waals surface area contributed by atoms with Gasteiger partial charge in [0.05, 0.1) is 21.6 Å². The lowest BCUT2D eigenvalue weighted by atomic mass is 10.1. The second-order valence-corrected chi connectivity index (χ2v) is 4.46. The molecule has 0 N–H and O–H groups in total. The maximum Gasteiger partial charge on any atom is 0.312 e. The summed E-state index contributed by atoms with van der Waals surface area (Å²) in [4.78, 5) is 10.3. The maximum atomic E-state index is 13.7. The summed E-state index contributed by atoms with van der Waals surface area (Å²) in [6.07, 6.45) is 0. The maximum absolute atomic E-state index is 13.7. The predicted octanol–water partition coefficient (Wildman–Crippen LogP) is 3.84. The van der Waals surface area contributed by atoms with Crippen molar-refractivity contribution in [3.8, 4) is 11.8 Å². The summed E-state index contributed by atoms with van der Waals surface area (Å²) in [5.74, 6) is -0.739. The van der Waals surface area contributed by atoms with Crippen molar-refractivity contribution in [3.05, 3.63) is 68.5 Å². The molecule has 0 radical (unpaired) electrons. The van der Waals surface area contributed by atoms with Crippen molar-refractivity contribution in [2.75, 3.05) is 0 Å². The Morgan fingerprint density at radius 2 is 2.14 bits per heavy atom. The molecule has 0 bridgehead atoms. The van der Waals surface area contributed by atoms with E-state index in [4.69, 9.17) is 21.6 Å². The van der Waals surface area contributed by atoms with Crippen LogP contribution in [0.25, 0.3) is 0 Å². The smallest absolute Gasteiger partial charge is 0.312 e. The Hall–Kier alpha value is -2.65. The SMILES string of the molecule is N#Cc1ccc(COc2c(Cl)cccc2[N+](=O)[O-])c(F)c1. The lowest BCUT2D eigenvalue weighted by Crippen LogP contribution is -2.02. The molecule has 0 aromatic heterocycles. The van der Waals surface area contributed by atoms with Gasteiger partial charge in [-0.3, -0.25) is 10.1 Å². The predicted molar refractivity (Wildman–Crippen MR) is 73.6 cm³/mol. The van der Waals surface area contributed by atoms with Crippen molar-refractivity contribution in [2.45, 2.75) is 6.61 Å². The Bertz CT molecular complexity index is 743. The van der Waals surface area contributed by atoms with Gasteiger partial charge in [-0.25, -0.2) is 4.39 Å². The van der Waals surface area contributed by atoms with Crippen molar-refractivity contribution in [3.63, 3.8) is 0 Å². The first-order valence-electron chi connectivity index (χ1n) is 5.77. The van der Waals surface area contributed by atoms with E-state index in [0.717, 1.165) is 6.07 Å². The van der Waals surface area contributed by atoms with E-state index in [0.29, 0.717) is 0 Å². The number of nitrogens with zero attached hydrogens (tertiary/aromatic N) is 2. The van der Waals surface area contributed by atoms with Crippen LogP contribution in [0, 0.1) is 27.3 Å². The van der Waals surface area contributed by atoms with Crippen molar-refractivity contribution in [1.82, 2.24) is 0 Å². The largest absolute Gasteiger partial charge is 0.481 e. The second-order valence-electron chi connectivity index (χ2n) is 4.05. The van der Waals surface area contributed by atoms with E-state index < -0.39 is 10.7 Å². The van der Waals surface area contributed by atoms with Gasteiger partial charge in [0.15, 0.2) is 0 Å². The highest BCUT2D eigenvalue weighted by atomic mass is 35.5. The third-order valence-corrected chi connectivity index (χ3v) is 2.99. The lowest BCUT2D eigenvalue weighted by Gasteiger charge is -2.09. The van der Waals surface area contributed by atoms with E-state index in [1.807, 2.05) is 6.07 Å². The van der Waals surface area contributed by atoms with Crippen LogP contribution in [0.15, 0.2) is 36.4 Å². The van der Waals surface area contributed by atoms with Gasteiger partial charge < -0.3 is 4.74 Å². The molecule has 2 aromatic carbocycles. The molecule has 0 aliphatic carbocycles. The fraction of sp³-hybridized carbons (Fsp3) is 0.0714. The van der Waals surface area contributed by atoms with Crippen LogP contribution in [0.1, 0.15) is 11.1 Å². The van der Waals surface area contributed by atoms with Gasteiger partial charge in [0.1, 0.15) is 12.4 Å². The molecule has 0 spiro atoms. The van der Waals surface area contributed by atoms with Crippen LogP contribution < -0.4 is 4.74 Å². The van der Waals surface area contributed by atoms with E-state index in [9.17, 15) is 14.5 Å². The molecule has 5 nitrogen and oxygen atoms in total. The third kappa shape index (κ3) is 3.27. The molecule has 0 saturated carbocycles. The Morgan fingerprint density at radius 3 is 2.76 bits per heavy atom. The summed E-state index contributed by atoms with van der Waals surface area (Å²) in [5.41, 5.74) is 0.0553. The number of halogens is 2. The van der Waals surface area contributed by atoms with Gasteiger partial charge >= 0.3 is 5.69 Å². The minimum absolute atomic E-state index is 0.0678. The number of hydrogen-bond acceptors (Lipinski definition) is 4. The van der Waals surface area contributed by atoms with Crippen LogP contribution >= 0.6 is 11.6 Å². The number of nitro groups is 1. The van der Waals surface area contributed by atoms with Gasteiger partial charge in [-0.1, -0.05) is 23.7 Å². The summed E-state index contributed by atoms with van der Waals surface area (Å²) >= 11 is 5.86. The van der Waals surface area contributed by atoms with E-state index in [2.05, 4.69) is 0 Å². The minimum Gasteiger partial charge on any atom is -0.481 e. The normalized spacial score (nSPS) is 9.95. The van der Waals surface area contributed by atoms with Gasteiger partial charge in [0, 0.05) is 11.6 Å². The summed E-state index contributed by atoms with van der Waals surface area (Å²) < 4.78 is 19.0. The van der Waals surface area contributed by atoms with Crippen LogP contribution in [0.2, 0.25) is 5.02 Å². The van der Waals surface area contributed by atoms with Crippen LogP contribution in [0.5, 0.6) is 5.75 Å². The van der Waals surface area contributed by atoms with E-state index in [1.165, 1.54) is 30.3 Å². The average Bonchev–Trinajstić information content (AvgIpc) is 2.46. The van der Waals surface area contributed by atoms with E-state index >= 15 is 0 Å². The van der Waals surface area contributed by atoms with Crippen LogP contribution in [-0.2, 0) is 6.61 Å². The van der Waals surface area contributed by atoms with Crippen molar-refractivity contribution >= 4 is 17.3 Å². The quantitative estimate of drug-likeness (QED) is 0.635. The molecular weight excluding hydrogens is 299 g/mol. The highest BCUT2D eigenvalue weighted by molar-refractivity contribution is 6.32. The zero-order valence-electron chi connectivity index (χ0n) is 10.5. The second kappa shape index (κ2) is 6.20. The standard InChI is InChI=1S/C14H8ClFN2O3/c15-11-2-1-3-13(18(19)20)14(11)21-8-10-5-4-9(7-17)6-12(10)16/h1-6H,8H2. The number of para-hydroxylation sites is 1. The molecular formula is C14H8ClFN2O3. The lowest BCUT2D eigenvalue weighted by molar-refractivity contribution is -0.385. The first-order chi connectivity index (χ1) is 10.0. The molecule has 0 aliphatic heterocycles. The number of rotatable bonds is 4. The zero-order chi connectivity index (χ0) is 15.4. The molecule has 0 heterocycles. The van der Waals surface area contributed by atoms with Gasteiger partial charge in [0.2, 0.25) is 5.75 Å². The van der Waals surface area contributed by atoms with Gasteiger partial charge in [-0.05, 0) is 18.2 Å². The molecule has 0 aliphatic rings. The van der Waals surface area contributed by atoms with Crippen molar-refractivity contribution in [1.29, 1.82) is 5.26 Å². The number of nitro benzene ring substituents is 1. The molecule has 0 unspecified atom stereocenters. The summed E-state index contributed by atoms with van der Waals surface area (Å²) in [7, 11) is 0. The Balaban J connectivity index is 2.25.